The number of para-hydroxylation sites is 1. The molecule has 0 fully saturated rings. The Kier molecular flexibility index (Phi) is 6.40. The molecule has 0 N–H and O–H groups in total. The molecule has 1 aliphatic carbocycles. The minimum Gasteiger partial charge on any atom is -0.456 e. The summed E-state index contributed by atoms with van der Waals surface area (Å²) in [5.74, 6) is 0. The predicted molar refractivity (Wildman–Crippen MR) is 234 cm³/mol. The Morgan fingerprint density at radius 3 is 2.04 bits per heavy atom. The van der Waals surface area contributed by atoms with Crippen molar-refractivity contribution in [2.45, 2.75) is 19.3 Å². The van der Waals surface area contributed by atoms with Gasteiger partial charge in [0.2, 0.25) is 0 Å². The van der Waals surface area contributed by atoms with Gasteiger partial charge in [-0.15, -0.1) is 0 Å². The number of hydrogen-bond acceptors (Lipinski definition) is 3. The highest BCUT2D eigenvalue weighted by Crippen LogP contribution is 2.53. The molecule has 264 valence electrons. The van der Waals surface area contributed by atoms with Crippen molar-refractivity contribution in [2.75, 3.05) is 4.90 Å². The van der Waals surface area contributed by atoms with Gasteiger partial charge in [0, 0.05) is 38.2 Å². The van der Waals surface area contributed by atoms with E-state index in [0.29, 0.717) is 0 Å². The third kappa shape index (κ3) is 4.34. The van der Waals surface area contributed by atoms with Gasteiger partial charge in [-0.3, -0.25) is 0 Å². The van der Waals surface area contributed by atoms with Crippen LogP contribution in [-0.2, 0) is 5.41 Å². The highest BCUT2D eigenvalue weighted by Gasteiger charge is 2.36. The van der Waals surface area contributed by atoms with Gasteiger partial charge in [-0.2, -0.15) is 0 Å². The number of hydrogen-bond donors (Lipinski definition) is 0. The number of anilines is 3. The van der Waals surface area contributed by atoms with Crippen molar-refractivity contribution in [2.24, 2.45) is 0 Å². The maximum atomic E-state index is 7.11. The quantitative estimate of drug-likeness (QED) is 0.182. The summed E-state index contributed by atoms with van der Waals surface area (Å²) in [5, 5.41) is 8.96. The maximum Gasteiger partial charge on any atom is 0.144 e. The van der Waals surface area contributed by atoms with E-state index >= 15 is 0 Å². The Bertz CT molecular complexity index is 3410. The molecule has 3 heteroatoms. The summed E-state index contributed by atoms with van der Waals surface area (Å²) in [7, 11) is 0. The maximum absolute atomic E-state index is 7.11. The second kappa shape index (κ2) is 11.5. The first-order chi connectivity index (χ1) is 27.5. The standard InChI is InChI=1S/C53H35NO2/c1-53(2)42-20-9-7-18-38(42)39-28-27-36(30-43(39)53)54(44-21-11-16-33-14-5-6-17-37(33)44)45-22-12-24-47-50(45)41-31-48-51(40-19-8-10-23-46(40)55-48)49(52(41)56-47)35-26-25-32-13-3-4-15-34(32)29-35/h3-31H,1-2H3. The van der Waals surface area contributed by atoms with Gasteiger partial charge in [0.25, 0.3) is 0 Å². The zero-order valence-corrected chi connectivity index (χ0v) is 31.0. The number of benzene rings is 9. The topological polar surface area (TPSA) is 29.5 Å². The summed E-state index contributed by atoms with van der Waals surface area (Å²) in [6, 6.07) is 63.4. The monoisotopic (exact) mass is 717 g/mol. The molecule has 56 heavy (non-hydrogen) atoms. The minimum atomic E-state index is -0.150. The molecule has 0 unspecified atom stereocenters. The summed E-state index contributed by atoms with van der Waals surface area (Å²) >= 11 is 0. The highest BCUT2D eigenvalue weighted by atomic mass is 16.3. The largest absolute Gasteiger partial charge is 0.456 e. The molecule has 3 nitrogen and oxygen atoms in total. The van der Waals surface area contributed by atoms with Crippen LogP contribution in [0.15, 0.2) is 185 Å². The molecule has 12 rings (SSSR count). The fourth-order valence-corrected chi connectivity index (χ4v) is 9.59. The Balaban J connectivity index is 1.19. The van der Waals surface area contributed by atoms with Crippen molar-refractivity contribution in [1.82, 2.24) is 0 Å². The molecule has 0 saturated carbocycles. The van der Waals surface area contributed by atoms with E-state index in [2.05, 4.69) is 189 Å². The number of fused-ring (bicyclic) bond motifs is 11. The van der Waals surface area contributed by atoms with Crippen LogP contribution in [0.1, 0.15) is 25.0 Å². The lowest BCUT2D eigenvalue weighted by atomic mass is 9.82. The summed E-state index contributed by atoms with van der Waals surface area (Å²) in [6.45, 7) is 4.70. The van der Waals surface area contributed by atoms with Crippen LogP contribution in [0.4, 0.5) is 17.1 Å². The van der Waals surface area contributed by atoms with Crippen molar-refractivity contribution in [3.63, 3.8) is 0 Å². The Hall–Kier alpha value is -7.10. The Morgan fingerprint density at radius 2 is 1.12 bits per heavy atom. The minimum absolute atomic E-state index is 0.150. The molecule has 0 aliphatic heterocycles. The van der Waals surface area contributed by atoms with Gasteiger partial charge >= 0.3 is 0 Å². The third-order valence-electron chi connectivity index (χ3n) is 12.2. The van der Waals surface area contributed by atoms with Gasteiger partial charge < -0.3 is 13.7 Å². The first kappa shape index (κ1) is 31.3. The Morgan fingerprint density at radius 1 is 0.429 bits per heavy atom. The van der Waals surface area contributed by atoms with Crippen molar-refractivity contribution >= 4 is 82.5 Å². The van der Waals surface area contributed by atoms with Crippen LogP contribution in [-0.4, -0.2) is 0 Å². The van der Waals surface area contributed by atoms with Crippen LogP contribution in [0.25, 0.3) is 87.7 Å². The van der Waals surface area contributed by atoms with Gasteiger partial charge in [0.15, 0.2) is 0 Å². The summed E-state index contributed by atoms with van der Waals surface area (Å²) in [6.07, 6.45) is 0. The van der Waals surface area contributed by atoms with E-state index in [4.69, 9.17) is 8.83 Å². The lowest BCUT2D eigenvalue weighted by Crippen LogP contribution is -2.16. The van der Waals surface area contributed by atoms with Crippen molar-refractivity contribution in [3.05, 3.63) is 187 Å². The average molecular weight is 718 g/mol. The molecule has 0 amide bonds. The molecule has 11 aromatic rings. The molecule has 0 bridgehead atoms. The fraction of sp³-hybridized carbons (Fsp3) is 0.0566. The van der Waals surface area contributed by atoms with E-state index in [-0.39, 0.29) is 5.41 Å². The normalized spacial score (nSPS) is 13.3. The number of rotatable bonds is 4. The summed E-state index contributed by atoms with van der Waals surface area (Å²) in [4.78, 5) is 2.44. The first-order valence-corrected chi connectivity index (χ1v) is 19.3. The SMILES string of the molecule is CC1(C)c2ccccc2-c2ccc(N(c3cccc4ccccc34)c3cccc4oc5c(-c6ccc7ccccc7c6)c6c(cc5c34)oc3ccccc36)cc21. The van der Waals surface area contributed by atoms with Crippen LogP contribution < -0.4 is 4.90 Å². The fourth-order valence-electron chi connectivity index (χ4n) is 9.59. The average Bonchev–Trinajstić information content (AvgIpc) is 3.88. The van der Waals surface area contributed by atoms with E-state index < -0.39 is 0 Å². The van der Waals surface area contributed by atoms with E-state index in [9.17, 15) is 0 Å². The van der Waals surface area contributed by atoms with E-state index in [1.54, 1.807) is 0 Å². The van der Waals surface area contributed by atoms with Crippen molar-refractivity contribution in [3.8, 4) is 22.3 Å². The van der Waals surface area contributed by atoms with Gasteiger partial charge in [-0.1, -0.05) is 141 Å². The molecule has 0 atom stereocenters. The molecule has 1 aliphatic rings. The van der Waals surface area contributed by atoms with E-state index in [1.165, 1.54) is 43.8 Å². The van der Waals surface area contributed by atoms with Crippen LogP contribution in [0.2, 0.25) is 0 Å². The van der Waals surface area contributed by atoms with Crippen LogP contribution in [0.3, 0.4) is 0 Å². The lowest BCUT2D eigenvalue weighted by molar-refractivity contribution is 0.660. The van der Waals surface area contributed by atoms with Gasteiger partial charge in [-0.05, 0) is 92.5 Å². The highest BCUT2D eigenvalue weighted by molar-refractivity contribution is 6.26. The van der Waals surface area contributed by atoms with Crippen LogP contribution in [0, 0.1) is 0 Å². The molecule has 2 aromatic heterocycles. The zero-order valence-electron chi connectivity index (χ0n) is 31.0. The smallest absolute Gasteiger partial charge is 0.144 e. The molecule has 2 heterocycles. The van der Waals surface area contributed by atoms with Gasteiger partial charge in [0.1, 0.15) is 22.3 Å². The first-order valence-electron chi connectivity index (χ1n) is 19.3. The van der Waals surface area contributed by atoms with E-state index in [0.717, 1.165) is 72.1 Å². The van der Waals surface area contributed by atoms with Crippen LogP contribution >= 0.6 is 0 Å². The number of furan rings is 2. The predicted octanol–water partition coefficient (Wildman–Crippen LogP) is 15.2. The molecule has 0 radical (unpaired) electrons. The van der Waals surface area contributed by atoms with Gasteiger partial charge in [-0.25, -0.2) is 0 Å². The molecule has 0 saturated heterocycles. The molecule has 0 spiro atoms. The van der Waals surface area contributed by atoms with Crippen molar-refractivity contribution in [1.29, 1.82) is 0 Å². The second-order valence-corrected chi connectivity index (χ2v) is 15.6. The number of nitrogens with zero attached hydrogens (tertiary/aromatic N) is 1. The van der Waals surface area contributed by atoms with E-state index in [1.807, 2.05) is 6.07 Å². The lowest BCUT2D eigenvalue weighted by Gasteiger charge is -2.29. The molecular formula is C53H35NO2. The second-order valence-electron chi connectivity index (χ2n) is 15.6. The Labute approximate surface area is 323 Å². The molecular weight excluding hydrogens is 683 g/mol. The molecule has 9 aromatic carbocycles. The third-order valence-corrected chi connectivity index (χ3v) is 12.2. The summed E-state index contributed by atoms with van der Waals surface area (Å²) in [5.41, 5.74) is 13.9. The zero-order chi connectivity index (χ0) is 37.1. The van der Waals surface area contributed by atoms with Crippen LogP contribution in [0.5, 0.6) is 0 Å². The summed E-state index contributed by atoms with van der Waals surface area (Å²) < 4.78 is 13.8. The van der Waals surface area contributed by atoms with Gasteiger partial charge in [0.05, 0.1) is 16.8 Å². The van der Waals surface area contributed by atoms with Crippen molar-refractivity contribution < 1.29 is 8.83 Å².